The van der Waals surface area contributed by atoms with E-state index in [-0.39, 0.29) is 0 Å². The van der Waals surface area contributed by atoms with Gasteiger partial charge < -0.3 is 4.74 Å². The van der Waals surface area contributed by atoms with Crippen molar-refractivity contribution < 1.29 is 4.74 Å². The first kappa shape index (κ1) is 9.90. The molecular weight excluding hydrogens is 212 g/mol. The molecule has 3 rings (SSSR count). The van der Waals surface area contributed by atoms with Crippen LogP contribution in [0.1, 0.15) is 0 Å². The molecule has 3 heteroatoms. The monoisotopic (exact) mass is 224 g/mol. The molecule has 84 valence electrons. The Morgan fingerprint density at radius 3 is 2.65 bits per heavy atom. The summed E-state index contributed by atoms with van der Waals surface area (Å²) >= 11 is 0. The van der Waals surface area contributed by atoms with Crippen LogP contribution in [-0.4, -0.2) is 16.9 Å². The minimum atomic E-state index is 0.879. The molecule has 0 fully saturated rings. The second-order valence-corrected chi connectivity index (χ2v) is 3.85. The minimum Gasteiger partial charge on any atom is -0.497 e. The average molecular weight is 224 g/mol. The van der Waals surface area contributed by atoms with Crippen molar-refractivity contribution in [3.63, 3.8) is 0 Å². The lowest BCUT2D eigenvalue weighted by Crippen LogP contribution is -1.93. The summed E-state index contributed by atoms with van der Waals surface area (Å²) in [6, 6.07) is 14.2. The van der Waals surface area contributed by atoms with Crippen molar-refractivity contribution >= 4 is 10.8 Å². The van der Waals surface area contributed by atoms with Crippen LogP contribution in [0.25, 0.3) is 16.5 Å². The molecular formula is C14H12N2O. The Bertz CT molecular complexity index is 644. The van der Waals surface area contributed by atoms with Crippen molar-refractivity contribution in [1.29, 1.82) is 0 Å². The van der Waals surface area contributed by atoms with E-state index < -0.39 is 0 Å². The first-order valence-electron chi connectivity index (χ1n) is 5.45. The number of fused-ring (bicyclic) bond motifs is 1. The molecule has 0 saturated carbocycles. The van der Waals surface area contributed by atoms with Gasteiger partial charge in [-0.2, -0.15) is 5.10 Å². The molecule has 0 aliphatic carbocycles. The van der Waals surface area contributed by atoms with Crippen LogP contribution in [0.15, 0.2) is 54.9 Å². The zero-order valence-corrected chi connectivity index (χ0v) is 9.50. The molecule has 0 radical (unpaired) electrons. The van der Waals surface area contributed by atoms with Crippen LogP contribution in [0.2, 0.25) is 0 Å². The number of methoxy groups -OCH3 is 1. The van der Waals surface area contributed by atoms with Gasteiger partial charge in [0.1, 0.15) is 5.75 Å². The van der Waals surface area contributed by atoms with Gasteiger partial charge in [0.25, 0.3) is 0 Å². The highest BCUT2D eigenvalue weighted by atomic mass is 16.5. The van der Waals surface area contributed by atoms with E-state index in [0.717, 1.165) is 11.4 Å². The van der Waals surface area contributed by atoms with Gasteiger partial charge in [0.2, 0.25) is 0 Å². The zero-order valence-electron chi connectivity index (χ0n) is 9.50. The summed E-state index contributed by atoms with van der Waals surface area (Å²) in [6.07, 6.45) is 3.71. The maximum atomic E-state index is 5.21. The second kappa shape index (κ2) is 3.94. The first-order valence-corrected chi connectivity index (χ1v) is 5.45. The van der Waals surface area contributed by atoms with E-state index in [4.69, 9.17) is 4.74 Å². The Morgan fingerprint density at radius 2 is 1.88 bits per heavy atom. The molecule has 0 unspecified atom stereocenters. The minimum absolute atomic E-state index is 0.879. The molecule has 0 amide bonds. The molecule has 3 nitrogen and oxygen atoms in total. The van der Waals surface area contributed by atoms with Gasteiger partial charge >= 0.3 is 0 Å². The number of aromatic nitrogens is 2. The maximum Gasteiger partial charge on any atom is 0.119 e. The topological polar surface area (TPSA) is 27.1 Å². The van der Waals surface area contributed by atoms with Crippen molar-refractivity contribution in [3.05, 3.63) is 54.9 Å². The lowest BCUT2D eigenvalue weighted by Gasteiger charge is -2.05. The number of rotatable bonds is 2. The molecule has 0 N–H and O–H groups in total. The summed E-state index contributed by atoms with van der Waals surface area (Å²) in [6.45, 7) is 0. The van der Waals surface area contributed by atoms with Crippen molar-refractivity contribution in [3.8, 4) is 11.4 Å². The SMILES string of the molecule is COc1ccc2cc(-n3cccn3)ccc2c1. The van der Waals surface area contributed by atoms with Crippen LogP contribution < -0.4 is 4.74 Å². The third-order valence-corrected chi connectivity index (χ3v) is 2.80. The van der Waals surface area contributed by atoms with Crippen LogP contribution in [0.4, 0.5) is 0 Å². The van der Waals surface area contributed by atoms with E-state index in [1.807, 2.05) is 29.1 Å². The predicted molar refractivity (Wildman–Crippen MR) is 67.6 cm³/mol. The number of benzene rings is 2. The molecule has 3 aromatic rings. The fourth-order valence-corrected chi connectivity index (χ4v) is 1.90. The van der Waals surface area contributed by atoms with Crippen LogP contribution in [-0.2, 0) is 0 Å². The fraction of sp³-hybridized carbons (Fsp3) is 0.0714. The number of ether oxygens (including phenoxy) is 1. The van der Waals surface area contributed by atoms with Gasteiger partial charge in [-0.15, -0.1) is 0 Å². The van der Waals surface area contributed by atoms with Crippen LogP contribution in [0, 0.1) is 0 Å². The van der Waals surface area contributed by atoms with Crippen LogP contribution in [0.5, 0.6) is 5.75 Å². The summed E-state index contributed by atoms with van der Waals surface area (Å²) in [5.41, 5.74) is 1.06. The number of nitrogens with zero attached hydrogens (tertiary/aromatic N) is 2. The van der Waals surface area contributed by atoms with Crippen molar-refractivity contribution in [2.24, 2.45) is 0 Å². The highest BCUT2D eigenvalue weighted by Crippen LogP contribution is 2.22. The zero-order chi connectivity index (χ0) is 11.7. The quantitative estimate of drug-likeness (QED) is 0.669. The summed E-state index contributed by atoms with van der Waals surface area (Å²) in [4.78, 5) is 0. The molecule has 0 spiro atoms. The van der Waals surface area contributed by atoms with Gasteiger partial charge in [0.05, 0.1) is 12.8 Å². The molecule has 0 aliphatic heterocycles. The average Bonchev–Trinajstić information content (AvgIpc) is 2.91. The van der Waals surface area contributed by atoms with E-state index in [1.54, 1.807) is 13.3 Å². The van der Waals surface area contributed by atoms with Crippen LogP contribution in [0.3, 0.4) is 0 Å². The third-order valence-electron chi connectivity index (χ3n) is 2.80. The molecule has 0 aliphatic rings. The third kappa shape index (κ3) is 1.76. The lowest BCUT2D eigenvalue weighted by atomic mass is 10.1. The van der Waals surface area contributed by atoms with E-state index in [0.29, 0.717) is 0 Å². The number of hydrogen-bond acceptors (Lipinski definition) is 2. The Kier molecular flexibility index (Phi) is 2.29. The van der Waals surface area contributed by atoms with E-state index in [2.05, 4.69) is 29.4 Å². The van der Waals surface area contributed by atoms with Gasteiger partial charge in [-0.3, -0.25) is 0 Å². The highest BCUT2D eigenvalue weighted by Gasteiger charge is 2.00. The summed E-state index contributed by atoms with van der Waals surface area (Å²) in [7, 11) is 1.68. The standard InChI is InChI=1S/C14H12N2O/c1-17-14-6-4-11-9-13(5-3-12(11)10-14)16-8-2-7-15-16/h2-10H,1H3. The lowest BCUT2D eigenvalue weighted by molar-refractivity contribution is 0.415. The van der Waals surface area contributed by atoms with E-state index in [1.165, 1.54) is 10.8 Å². The van der Waals surface area contributed by atoms with Gasteiger partial charge in [0.15, 0.2) is 0 Å². The Labute approximate surface area is 99.3 Å². The van der Waals surface area contributed by atoms with E-state index >= 15 is 0 Å². The number of hydrogen-bond donors (Lipinski definition) is 0. The second-order valence-electron chi connectivity index (χ2n) is 3.85. The predicted octanol–water partition coefficient (Wildman–Crippen LogP) is 3.03. The molecule has 17 heavy (non-hydrogen) atoms. The maximum absolute atomic E-state index is 5.21. The molecule has 0 atom stereocenters. The summed E-state index contributed by atoms with van der Waals surface area (Å²) in [5.74, 6) is 0.879. The van der Waals surface area contributed by atoms with Gasteiger partial charge in [0, 0.05) is 12.4 Å². The normalized spacial score (nSPS) is 10.6. The fourth-order valence-electron chi connectivity index (χ4n) is 1.90. The Hall–Kier alpha value is -2.29. The molecule has 2 aromatic carbocycles. The van der Waals surface area contributed by atoms with Crippen molar-refractivity contribution in [1.82, 2.24) is 9.78 Å². The summed E-state index contributed by atoms with van der Waals surface area (Å²) < 4.78 is 7.06. The summed E-state index contributed by atoms with van der Waals surface area (Å²) in [5, 5.41) is 6.57. The van der Waals surface area contributed by atoms with Gasteiger partial charge in [-0.25, -0.2) is 4.68 Å². The van der Waals surface area contributed by atoms with Gasteiger partial charge in [-0.05, 0) is 41.1 Å². The Balaban J connectivity index is 2.14. The molecule has 0 bridgehead atoms. The van der Waals surface area contributed by atoms with Crippen LogP contribution >= 0.6 is 0 Å². The molecule has 1 aromatic heterocycles. The Morgan fingerprint density at radius 1 is 1.06 bits per heavy atom. The molecule has 1 heterocycles. The van der Waals surface area contributed by atoms with Gasteiger partial charge in [-0.1, -0.05) is 12.1 Å². The van der Waals surface area contributed by atoms with Crippen molar-refractivity contribution in [2.75, 3.05) is 7.11 Å². The van der Waals surface area contributed by atoms with E-state index in [9.17, 15) is 0 Å². The largest absolute Gasteiger partial charge is 0.497 e. The molecule has 0 saturated heterocycles. The first-order chi connectivity index (χ1) is 8.36. The van der Waals surface area contributed by atoms with Crippen molar-refractivity contribution in [2.45, 2.75) is 0 Å². The smallest absolute Gasteiger partial charge is 0.119 e. The highest BCUT2D eigenvalue weighted by molar-refractivity contribution is 5.85.